The van der Waals surface area contributed by atoms with Crippen molar-refractivity contribution < 1.29 is 13.9 Å². The molecule has 1 fully saturated rings. The molecule has 2 rings (SSSR count). The molecule has 1 N–H and O–H groups in total. The first kappa shape index (κ1) is 18.8. The molecule has 1 aliphatic heterocycles. The van der Waals surface area contributed by atoms with Crippen molar-refractivity contribution in [3.05, 3.63) is 35.6 Å². The van der Waals surface area contributed by atoms with Gasteiger partial charge in [0, 0.05) is 45.9 Å². The second-order valence-corrected chi connectivity index (χ2v) is 6.09. The fraction of sp³-hybridized carbons (Fsp3) is 0.611. The Labute approximate surface area is 143 Å². The van der Waals surface area contributed by atoms with Gasteiger partial charge in [0.05, 0.1) is 12.6 Å². The number of carbonyl (C=O) groups is 1. The van der Waals surface area contributed by atoms with Crippen LogP contribution in [0.2, 0.25) is 0 Å². The number of nitrogens with one attached hydrogen (secondary N) is 1. The zero-order valence-electron chi connectivity index (χ0n) is 14.6. The van der Waals surface area contributed by atoms with Crippen molar-refractivity contribution in [3.8, 4) is 0 Å². The van der Waals surface area contributed by atoms with Crippen molar-refractivity contribution >= 4 is 5.91 Å². The van der Waals surface area contributed by atoms with Crippen LogP contribution in [0.25, 0.3) is 0 Å². The summed E-state index contributed by atoms with van der Waals surface area (Å²) in [7, 11) is 0. The summed E-state index contributed by atoms with van der Waals surface area (Å²) in [5.41, 5.74) is 0.901. The number of hydrogen-bond donors (Lipinski definition) is 1. The maximum Gasteiger partial charge on any atom is 0.237 e. The van der Waals surface area contributed by atoms with Crippen LogP contribution < -0.4 is 5.32 Å². The Bertz CT molecular complexity index is 501. The largest absolute Gasteiger partial charge is 0.380 e. The quantitative estimate of drug-likeness (QED) is 0.730. The molecule has 0 spiro atoms. The van der Waals surface area contributed by atoms with Crippen molar-refractivity contribution in [2.75, 3.05) is 45.9 Å². The molecule has 5 nitrogen and oxygen atoms in total. The molecule has 0 radical (unpaired) electrons. The Morgan fingerprint density at radius 3 is 2.54 bits per heavy atom. The zero-order valence-corrected chi connectivity index (χ0v) is 14.6. The van der Waals surface area contributed by atoms with Gasteiger partial charge in [0.25, 0.3) is 0 Å². The van der Waals surface area contributed by atoms with Gasteiger partial charge in [-0.05, 0) is 31.5 Å². The molecule has 24 heavy (non-hydrogen) atoms. The molecule has 0 bridgehead atoms. The lowest BCUT2D eigenvalue weighted by Gasteiger charge is -2.37. The predicted octanol–water partition coefficient (Wildman–Crippen LogP) is 1.48. The maximum absolute atomic E-state index is 12.9. The highest BCUT2D eigenvalue weighted by molar-refractivity contribution is 5.81. The Kier molecular flexibility index (Phi) is 7.62. The van der Waals surface area contributed by atoms with E-state index < -0.39 is 0 Å². The third-order valence-corrected chi connectivity index (χ3v) is 4.47. The molecule has 0 aliphatic carbocycles. The van der Waals surface area contributed by atoms with E-state index in [1.807, 2.05) is 13.8 Å². The predicted molar refractivity (Wildman–Crippen MR) is 92.2 cm³/mol. The van der Waals surface area contributed by atoms with Gasteiger partial charge >= 0.3 is 0 Å². The molecule has 0 unspecified atom stereocenters. The van der Waals surface area contributed by atoms with Crippen molar-refractivity contribution in [2.45, 2.75) is 26.4 Å². The first-order valence-electron chi connectivity index (χ1n) is 8.66. The Balaban J connectivity index is 1.70. The SMILES string of the molecule is CCOCCN1CCN([C@@H](C)C(=O)NCc2ccc(F)cc2)CC1. The minimum absolute atomic E-state index is 0.0158. The van der Waals surface area contributed by atoms with Crippen LogP contribution in [-0.4, -0.2) is 67.7 Å². The molecule has 1 aliphatic rings. The van der Waals surface area contributed by atoms with Gasteiger partial charge in [-0.25, -0.2) is 4.39 Å². The van der Waals surface area contributed by atoms with Crippen LogP contribution in [0.5, 0.6) is 0 Å². The van der Waals surface area contributed by atoms with Crippen molar-refractivity contribution in [1.82, 2.24) is 15.1 Å². The molecule has 0 saturated carbocycles. The summed E-state index contributed by atoms with van der Waals surface area (Å²) in [6, 6.07) is 6.05. The normalized spacial score (nSPS) is 17.6. The van der Waals surface area contributed by atoms with Crippen LogP contribution in [0.15, 0.2) is 24.3 Å². The first-order chi connectivity index (χ1) is 11.6. The van der Waals surface area contributed by atoms with E-state index in [-0.39, 0.29) is 17.8 Å². The van der Waals surface area contributed by atoms with Gasteiger partial charge in [-0.2, -0.15) is 0 Å². The summed E-state index contributed by atoms with van der Waals surface area (Å²) in [5.74, 6) is -0.247. The molecule has 134 valence electrons. The van der Waals surface area contributed by atoms with Gasteiger partial charge in [-0.15, -0.1) is 0 Å². The number of rotatable bonds is 8. The fourth-order valence-corrected chi connectivity index (χ4v) is 2.82. The van der Waals surface area contributed by atoms with Crippen LogP contribution in [0.1, 0.15) is 19.4 Å². The second kappa shape index (κ2) is 9.71. The van der Waals surface area contributed by atoms with Crippen molar-refractivity contribution in [3.63, 3.8) is 0 Å². The fourth-order valence-electron chi connectivity index (χ4n) is 2.82. The lowest BCUT2D eigenvalue weighted by molar-refractivity contribution is -0.126. The standard InChI is InChI=1S/C18H28FN3O2/c1-3-24-13-12-21-8-10-22(11-9-21)15(2)18(23)20-14-16-4-6-17(19)7-5-16/h4-7,15H,3,8-14H2,1-2H3,(H,20,23)/t15-/m0/s1. The summed E-state index contributed by atoms with van der Waals surface area (Å²) >= 11 is 0. The van der Waals surface area contributed by atoms with E-state index >= 15 is 0 Å². The lowest BCUT2D eigenvalue weighted by atomic mass is 10.2. The highest BCUT2D eigenvalue weighted by atomic mass is 19.1. The molecule has 0 aromatic heterocycles. The zero-order chi connectivity index (χ0) is 17.4. The number of hydrogen-bond acceptors (Lipinski definition) is 4. The Morgan fingerprint density at radius 1 is 1.25 bits per heavy atom. The van der Waals surface area contributed by atoms with Gasteiger partial charge in [-0.1, -0.05) is 12.1 Å². The second-order valence-electron chi connectivity index (χ2n) is 6.09. The maximum atomic E-state index is 12.9. The number of piperazine rings is 1. The van der Waals surface area contributed by atoms with Crippen molar-refractivity contribution in [1.29, 1.82) is 0 Å². The summed E-state index contributed by atoms with van der Waals surface area (Å²) in [4.78, 5) is 16.9. The highest BCUT2D eigenvalue weighted by Crippen LogP contribution is 2.07. The van der Waals surface area contributed by atoms with Crippen LogP contribution >= 0.6 is 0 Å². The molecule has 6 heteroatoms. The number of halogens is 1. The van der Waals surface area contributed by atoms with Crippen LogP contribution in [0.3, 0.4) is 0 Å². The third-order valence-electron chi connectivity index (χ3n) is 4.47. The van der Waals surface area contributed by atoms with E-state index in [1.165, 1.54) is 12.1 Å². The summed E-state index contributed by atoms with van der Waals surface area (Å²) < 4.78 is 18.3. The number of ether oxygens (including phenoxy) is 1. The monoisotopic (exact) mass is 337 g/mol. The Morgan fingerprint density at radius 2 is 1.92 bits per heavy atom. The van der Waals surface area contributed by atoms with Gasteiger partial charge in [0.2, 0.25) is 5.91 Å². The summed E-state index contributed by atoms with van der Waals surface area (Å²) in [6.07, 6.45) is 0. The third kappa shape index (κ3) is 5.85. The number of nitrogens with zero attached hydrogens (tertiary/aromatic N) is 2. The van der Waals surface area contributed by atoms with Gasteiger partial charge in [0.1, 0.15) is 5.82 Å². The number of carbonyl (C=O) groups excluding carboxylic acids is 1. The Hall–Kier alpha value is -1.50. The van der Waals surface area contributed by atoms with E-state index in [0.29, 0.717) is 6.54 Å². The highest BCUT2D eigenvalue weighted by Gasteiger charge is 2.25. The average Bonchev–Trinajstić information content (AvgIpc) is 2.61. The molecular formula is C18H28FN3O2. The number of benzene rings is 1. The van der Waals surface area contributed by atoms with Crippen LogP contribution in [0, 0.1) is 5.82 Å². The minimum Gasteiger partial charge on any atom is -0.380 e. The number of amides is 1. The first-order valence-corrected chi connectivity index (χ1v) is 8.66. The van der Waals surface area contributed by atoms with E-state index in [0.717, 1.165) is 51.5 Å². The smallest absolute Gasteiger partial charge is 0.237 e. The molecule has 1 heterocycles. The van der Waals surface area contributed by atoms with Gasteiger partial charge < -0.3 is 10.1 Å². The lowest BCUT2D eigenvalue weighted by Crippen LogP contribution is -2.54. The molecule has 1 amide bonds. The van der Waals surface area contributed by atoms with E-state index in [9.17, 15) is 9.18 Å². The van der Waals surface area contributed by atoms with Crippen LogP contribution in [-0.2, 0) is 16.1 Å². The van der Waals surface area contributed by atoms with E-state index in [1.54, 1.807) is 12.1 Å². The molecule has 1 atom stereocenters. The molecule has 1 saturated heterocycles. The molecule has 1 aromatic carbocycles. The van der Waals surface area contributed by atoms with E-state index in [2.05, 4.69) is 15.1 Å². The summed E-state index contributed by atoms with van der Waals surface area (Å²) in [6.45, 7) is 10.5. The minimum atomic E-state index is -0.263. The van der Waals surface area contributed by atoms with Gasteiger partial charge in [-0.3, -0.25) is 14.6 Å². The van der Waals surface area contributed by atoms with Crippen LogP contribution in [0.4, 0.5) is 4.39 Å². The molecular weight excluding hydrogens is 309 g/mol. The summed E-state index contributed by atoms with van der Waals surface area (Å²) in [5, 5.41) is 2.93. The average molecular weight is 337 g/mol. The van der Waals surface area contributed by atoms with E-state index in [4.69, 9.17) is 4.74 Å². The van der Waals surface area contributed by atoms with Crippen molar-refractivity contribution in [2.24, 2.45) is 0 Å². The topological polar surface area (TPSA) is 44.8 Å². The molecule has 1 aromatic rings. The van der Waals surface area contributed by atoms with Gasteiger partial charge in [0.15, 0.2) is 0 Å².